The highest BCUT2D eigenvalue weighted by Crippen LogP contribution is 2.02. The number of aliphatic hydroxyl groups excluding tert-OH is 1. The van der Waals surface area contributed by atoms with Crippen LogP contribution >= 0.6 is 0 Å². The van der Waals surface area contributed by atoms with E-state index in [0.29, 0.717) is 6.42 Å². The Hall–Kier alpha value is -1.10. The Kier molecular flexibility index (Phi) is 7.62. The van der Waals surface area contributed by atoms with Gasteiger partial charge in [-0.2, -0.15) is 0 Å². The van der Waals surface area contributed by atoms with Gasteiger partial charge < -0.3 is 15.5 Å². The van der Waals surface area contributed by atoms with Crippen molar-refractivity contribution in [1.82, 2.24) is 5.32 Å². The second-order valence-electron chi connectivity index (χ2n) is 3.45. The number of rotatable bonds is 8. The van der Waals surface area contributed by atoms with Crippen LogP contribution < -0.4 is 5.32 Å². The van der Waals surface area contributed by atoms with Crippen LogP contribution in [0.5, 0.6) is 0 Å². The van der Waals surface area contributed by atoms with Gasteiger partial charge in [0.1, 0.15) is 6.04 Å². The fourth-order valence-electron chi connectivity index (χ4n) is 1.16. The number of carboxylic acid groups (broad SMARTS) is 1. The summed E-state index contributed by atoms with van der Waals surface area (Å²) in [5.74, 6) is -1.52. The Morgan fingerprint density at radius 1 is 1.27 bits per heavy atom. The van der Waals surface area contributed by atoms with Gasteiger partial charge in [0.25, 0.3) is 0 Å². The van der Waals surface area contributed by atoms with Crippen LogP contribution in [0.1, 0.15) is 39.0 Å². The molecule has 3 N–H and O–H groups in total. The summed E-state index contributed by atoms with van der Waals surface area (Å²) in [6.07, 6.45) is 4.23. The molecule has 0 aliphatic carbocycles. The summed E-state index contributed by atoms with van der Waals surface area (Å²) in [7, 11) is 0. The second-order valence-corrected chi connectivity index (χ2v) is 3.45. The van der Waals surface area contributed by atoms with E-state index in [1.165, 1.54) is 0 Å². The molecular formula is C10H19NO4. The molecule has 15 heavy (non-hydrogen) atoms. The highest BCUT2D eigenvalue weighted by atomic mass is 16.4. The molecule has 0 saturated heterocycles. The van der Waals surface area contributed by atoms with Crippen molar-refractivity contribution in [3.05, 3.63) is 0 Å². The van der Waals surface area contributed by atoms with Crippen LogP contribution in [0.15, 0.2) is 0 Å². The van der Waals surface area contributed by atoms with E-state index in [4.69, 9.17) is 10.2 Å². The zero-order valence-corrected chi connectivity index (χ0v) is 9.03. The van der Waals surface area contributed by atoms with Crippen LogP contribution in [0.25, 0.3) is 0 Å². The summed E-state index contributed by atoms with van der Waals surface area (Å²) < 4.78 is 0. The molecule has 0 heterocycles. The third-order valence-electron chi connectivity index (χ3n) is 2.07. The highest BCUT2D eigenvalue weighted by Gasteiger charge is 2.17. The Bertz CT molecular complexity index is 206. The molecule has 1 unspecified atom stereocenters. The third kappa shape index (κ3) is 6.90. The molecule has 88 valence electrons. The molecular weight excluding hydrogens is 198 g/mol. The van der Waals surface area contributed by atoms with Crippen molar-refractivity contribution in [2.75, 3.05) is 6.61 Å². The number of nitrogens with one attached hydrogen (secondary N) is 1. The Morgan fingerprint density at radius 2 is 1.93 bits per heavy atom. The summed E-state index contributed by atoms with van der Waals surface area (Å²) in [5.41, 5.74) is 0. The van der Waals surface area contributed by atoms with Gasteiger partial charge in [-0.1, -0.05) is 26.2 Å². The lowest BCUT2D eigenvalue weighted by molar-refractivity contribution is -0.142. The van der Waals surface area contributed by atoms with Crippen LogP contribution in [0.3, 0.4) is 0 Å². The lowest BCUT2D eigenvalue weighted by Gasteiger charge is -2.11. The normalized spacial score (nSPS) is 12.1. The largest absolute Gasteiger partial charge is 0.480 e. The van der Waals surface area contributed by atoms with E-state index in [1.54, 1.807) is 0 Å². The van der Waals surface area contributed by atoms with E-state index in [9.17, 15) is 9.59 Å². The van der Waals surface area contributed by atoms with Crippen molar-refractivity contribution in [2.45, 2.75) is 45.1 Å². The summed E-state index contributed by atoms with van der Waals surface area (Å²) >= 11 is 0. The molecule has 0 saturated carbocycles. The average Bonchev–Trinajstić information content (AvgIpc) is 2.20. The number of hydrogen-bond acceptors (Lipinski definition) is 3. The quantitative estimate of drug-likeness (QED) is 0.517. The first-order chi connectivity index (χ1) is 7.11. The van der Waals surface area contributed by atoms with Crippen molar-refractivity contribution < 1.29 is 19.8 Å². The molecule has 0 fully saturated rings. The van der Waals surface area contributed by atoms with Gasteiger partial charge in [0, 0.05) is 6.42 Å². The second kappa shape index (κ2) is 8.23. The van der Waals surface area contributed by atoms with E-state index < -0.39 is 18.6 Å². The molecule has 0 spiro atoms. The molecule has 0 aliphatic rings. The minimum Gasteiger partial charge on any atom is -0.480 e. The molecule has 0 aromatic rings. The van der Waals surface area contributed by atoms with Gasteiger partial charge in [-0.3, -0.25) is 4.79 Å². The van der Waals surface area contributed by atoms with Crippen molar-refractivity contribution in [1.29, 1.82) is 0 Å². The van der Waals surface area contributed by atoms with Gasteiger partial charge in [0.05, 0.1) is 6.61 Å². The molecule has 1 amide bonds. The average molecular weight is 217 g/mol. The molecule has 0 aromatic carbocycles. The maximum absolute atomic E-state index is 11.2. The lowest BCUT2D eigenvalue weighted by atomic mass is 10.1. The molecule has 0 rings (SSSR count). The number of unbranched alkanes of at least 4 members (excludes halogenated alkanes) is 3. The molecule has 0 aromatic heterocycles. The number of carbonyl (C=O) groups is 2. The summed E-state index contributed by atoms with van der Waals surface area (Å²) in [5, 5.41) is 19.5. The van der Waals surface area contributed by atoms with Crippen LogP contribution in [0.4, 0.5) is 0 Å². The monoisotopic (exact) mass is 217 g/mol. The van der Waals surface area contributed by atoms with E-state index in [0.717, 1.165) is 25.7 Å². The van der Waals surface area contributed by atoms with E-state index in [2.05, 4.69) is 12.2 Å². The fraction of sp³-hybridized carbons (Fsp3) is 0.800. The molecule has 0 bridgehead atoms. The van der Waals surface area contributed by atoms with Crippen LogP contribution in [0.2, 0.25) is 0 Å². The van der Waals surface area contributed by atoms with Crippen LogP contribution in [-0.4, -0.2) is 34.7 Å². The predicted molar refractivity (Wildman–Crippen MR) is 55.4 cm³/mol. The fourth-order valence-corrected chi connectivity index (χ4v) is 1.16. The predicted octanol–water partition coefficient (Wildman–Crippen LogP) is 0.518. The van der Waals surface area contributed by atoms with Gasteiger partial charge in [-0.25, -0.2) is 4.79 Å². The highest BCUT2D eigenvalue weighted by molar-refractivity contribution is 5.83. The smallest absolute Gasteiger partial charge is 0.328 e. The Labute approximate surface area is 89.5 Å². The molecule has 0 aliphatic heterocycles. The maximum atomic E-state index is 11.2. The third-order valence-corrected chi connectivity index (χ3v) is 2.07. The van der Waals surface area contributed by atoms with Crippen LogP contribution in [-0.2, 0) is 9.59 Å². The number of amides is 1. The number of carbonyl (C=O) groups excluding carboxylic acids is 1. The van der Waals surface area contributed by atoms with Crippen molar-refractivity contribution in [2.24, 2.45) is 0 Å². The van der Waals surface area contributed by atoms with Crippen LogP contribution in [0, 0.1) is 0 Å². The molecule has 0 radical (unpaired) electrons. The Morgan fingerprint density at radius 3 is 2.40 bits per heavy atom. The van der Waals surface area contributed by atoms with Gasteiger partial charge in [-0.05, 0) is 6.42 Å². The first kappa shape index (κ1) is 13.9. The number of carboxylic acids is 1. The number of aliphatic carboxylic acids is 1. The minimum atomic E-state index is -1.21. The summed E-state index contributed by atoms with van der Waals surface area (Å²) in [4.78, 5) is 21.7. The van der Waals surface area contributed by atoms with Gasteiger partial charge in [-0.15, -0.1) is 0 Å². The van der Waals surface area contributed by atoms with Crippen molar-refractivity contribution >= 4 is 11.9 Å². The summed E-state index contributed by atoms with van der Waals surface area (Å²) in [6, 6.07) is -1.18. The molecule has 1 atom stereocenters. The van der Waals surface area contributed by atoms with Crippen molar-refractivity contribution in [3.8, 4) is 0 Å². The standard InChI is InChI=1S/C10H19NO4/c1-2-3-4-5-6-9(13)11-8(7-12)10(14)15/h8,12H,2-7H2,1H3,(H,11,13)(H,14,15). The summed E-state index contributed by atoms with van der Waals surface area (Å²) in [6.45, 7) is 1.50. The number of aliphatic hydroxyl groups is 1. The van der Waals surface area contributed by atoms with E-state index in [-0.39, 0.29) is 5.91 Å². The first-order valence-electron chi connectivity index (χ1n) is 5.24. The van der Waals surface area contributed by atoms with Gasteiger partial charge >= 0.3 is 5.97 Å². The number of hydrogen-bond donors (Lipinski definition) is 3. The first-order valence-corrected chi connectivity index (χ1v) is 5.24. The van der Waals surface area contributed by atoms with Gasteiger partial charge in [0.15, 0.2) is 0 Å². The van der Waals surface area contributed by atoms with Gasteiger partial charge in [0.2, 0.25) is 5.91 Å². The minimum absolute atomic E-state index is 0.312. The lowest BCUT2D eigenvalue weighted by Crippen LogP contribution is -2.43. The topological polar surface area (TPSA) is 86.6 Å². The SMILES string of the molecule is CCCCCCC(=O)NC(CO)C(=O)O. The zero-order chi connectivity index (χ0) is 11.7. The van der Waals surface area contributed by atoms with E-state index in [1.807, 2.05) is 0 Å². The maximum Gasteiger partial charge on any atom is 0.328 e. The molecule has 5 heteroatoms. The zero-order valence-electron chi connectivity index (χ0n) is 9.03. The van der Waals surface area contributed by atoms with Crippen molar-refractivity contribution in [3.63, 3.8) is 0 Å². The molecule has 5 nitrogen and oxygen atoms in total. The van der Waals surface area contributed by atoms with E-state index >= 15 is 0 Å². The Balaban J connectivity index is 3.67.